The third-order valence-corrected chi connectivity index (χ3v) is 2.73. The van der Waals surface area contributed by atoms with Gasteiger partial charge < -0.3 is 9.64 Å². The first kappa shape index (κ1) is 18.1. The van der Waals surface area contributed by atoms with Crippen molar-refractivity contribution in [3.8, 4) is 6.07 Å². The fraction of sp³-hybridized carbons (Fsp3) is 0.462. The zero-order valence-electron chi connectivity index (χ0n) is 11.4. The van der Waals surface area contributed by atoms with Crippen LogP contribution in [0.15, 0.2) is 18.2 Å². The summed E-state index contributed by atoms with van der Waals surface area (Å²) in [4.78, 5) is 0.722. The summed E-state index contributed by atoms with van der Waals surface area (Å²) >= 11 is 0. The number of nitriles is 1. The molecule has 0 amide bonds. The fourth-order valence-corrected chi connectivity index (χ4v) is 1.78. The van der Waals surface area contributed by atoms with Crippen LogP contribution < -0.4 is 4.90 Å². The molecule has 122 valence electrons. The van der Waals surface area contributed by atoms with Gasteiger partial charge in [0.05, 0.1) is 23.8 Å². The van der Waals surface area contributed by atoms with Crippen molar-refractivity contribution in [2.45, 2.75) is 12.4 Å². The SMILES string of the molecule is COCCN(CC(F)(F)F)c1ccc(C#N)c(C(F)(F)F)c1. The molecule has 1 aromatic rings. The molecule has 0 aliphatic rings. The van der Waals surface area contributed by atoms with Gasteiger partial charge in [0.25, 0.3) is 0 Å². The first-order valence-electron chi connectivity index (χ1n) is 6.00. The highest BCUT2D eigenvalue weighted by atomic mass is 19.4. The average Bonchev–Trinajstić information content (AvgIpc) is 2.40. The van der Waals surface area contributed by atoms with Crippen LogP contribution in [0.1, 0.15) is 11.1 Å². The van der Waals surface area contributed by atoms with Gasteiger partial charge in [-0.3, -0.25) is 0 Å². The van der Waals surface area contributed by atoms with E-state index in [9.17, 15) is 26.3 Å². The summed E-state index contributed by atoms with van der Waals surface area (Å²) in [5.74, 6) is 0. The summed E-state index contributed by atoms with van der Waals surface area (Å²) in [6, 6.07) is 3.82. The molecule has 0 radical (unpaired) electrons. The maximum Gasteiger partial charge on any atom is 0.417 e. The lowest BCUT2D eigenvalue weighted by Crippen LogP contribution is -2.36. The summed E-state index contributed by atoms with van der Waals surface area (Å²) in [6.45, 7) is -1.74. The highest BCUT2D eigenvalue weighted by Gasteiger charge is 2.35. The Bertz CT molecular complexity index is 547. The van der Waals surface area contributed by atoms with Crippen molar-refractivity contribution in [1.82, 2.24) is 0 Å². The van der Waals surface area contributed by atoms with Crippen LogP contribution in [-0.4, -0.2) is 33.0 Å². The van der Waals surface area contributed by atoms with Gasteiger partial charge >= 0.3 is 12.4 Å². The Balaban J connectivity index is 3.22. The van der Waals surface area contributed by atoms with Crippen LogP contribution in [0.3, 0.4) is 0 Å². The molecule has 0 fully saturated rings. The second kappa shape index (κ2) is 6.87. The predicted molar refractivity (Wildman–Crippen MR) is 66.3 cm³/mol. The second-order valence-corrected chi connectivity index (χ2v) is 4.37. The van der Waals surface area contributed by atoms with E-state index in [0.29, 0.717) is 6.07 Å². The molecule has 0 spiro atoms. The van der Waals surface area contributed by atoms with Crippen molar-refractivity contribution in [1.29, 1.82) is 5.26 Å². The number of rotatable bonds is 5. The predicted octanol–water partition coefficient (Wildman–Crippen LogP) is 3.59. The van der Waals surface area contributed by atoms with Gasteiger partial charge in [0, 0.05) is 19.3 Å². The van der Waals surface area contributed by atoms with E-state index in [0.717, 1.165) is 17.0 Å². The van der Waals surface area contributed by atoms with E-state index in [1.165, 1.54) is 13.2 Å². The average molecular weight is 326 g/mol. The first-order chi connectivity index (χ1) is 10.1. The van der Waals surface area contributed by atoms with E-state index >= 15 is 0 Å². The number of halogens is 6. The summed E-state index contributed by atoms with van der Waals surface area (Å²) in [5, 5.41) is 8.68. The number of hydrogen-bond donors (Lipinski definition) is 0. The Kier molecular flexibility index (Phi) is 5.65. The molecule has 0 heterocycles. The van der Waals surface area contributed by atoms with Crippen molar-refractivity contribution in [3.63, 3.8) is 0 Å². The third kappa shape index (κ3) is 5.11. The van der Waals surface area contributed by atoms with Crippen molar-refractivity contribution in [3.05, 3.63) is 29.3 Å². The minimum Gasteiger partial charge on any atom is -0.383 e. The van der Waals surface area contributed by atoms with Crippen LogP contribution in [0.25, 0.3) is 0 Å². The van der Waals surface area contributed by atoms with E-state index < -0.39 is 30.0 Å². The molecule has 0 aliphatic carbocycles. The maximum atomic E-state index is 12.9. The van der Waals surface area contributed by atoms with Crippen molar-refractivity contribution in [2.75, 3.05) is 31.7 Å². The van der Waals surface area contributed by atoms with Gasteiger partial charge in [-0.2, -0.15) is 31.6 Å². The highest BCUT2D eigenvalue weighted by Crippen LogP contribution is 2.35. The Morgan fingerprint density at radius 1 is 1.18 bits per heavy atom. The summed E-state index contributed by atoms with van der Waals surface area (Å²) in [6.07, 6.45) is -9.41. The maximum absolute atomic E-state index is 12.9. The Labute approximate surface area is 122 Å². The molecule has 0 saturated carbocycles. The topological polar surface area (TPSA) is 36.3 Å². The molecule has 1 aromatic carbocycles. The lowest BCUT2D eigenvalue weighted by Gasteiger charge is -2.26. The monoisotopic (exact) mass is 326 g/mol. The van der Waals surface area contributed by atoms with E-state index in [1.807, 2.05) is 0 Å². The van der Waals surface area contributed by atoms with Crippen LogP contribution in [0.2, 0.25) is 0 Å². The number of hydrogen-bond acceptors (Lipinski definition) is 3. The van der Waals surface area contributed by atoms with E-state index in [1.54, 1.807) is 0 Å². The summed E-state index contributed by atoms with van der Waals surface area (Å²) in [7, 11) is 1.27. The number of ether oxygens (including phenoxy) is 1. The van der Waals surface area contributed by atoms with E-state index in [4.69, 9.17) is 5.26 Å². The van der Waals surface area contributed by atoms with Gasteiger partial charge in [-0.25, -0.2) is 0 Å². The quantitative estimate of drug-likeness (QED) is 0.776. The minimum absolute atomic E-state index is 0.0859. The second-order valence-electron chi connectivity index (χ2n) is 4.37. The van der Waals surface area contributed by atoms with Gasteiger partial charge in [-0.05, 0) is 18.2 Å². The number of nitrogens with zero attached hydrogens (tertiary/aromatic N) is 2. The Morgan fingerprint density at radius 2 is 1.82 bits per heavy atom. The molecule has 9 heteroatoms. The fourth-order valence-electron chi connectivity index (χ4n) is 1.78. The summed E-state index contributed by atoms with van der Waals surface area (Å²) in [5.41, 5.74) is -2.19. The molecule has 1 rings (SSSR count). The number of benzene rings is 1. The number of alkyl halides is 6. The normalized spacial score (nSPS) is 12.1. The lowest BCUT2D eigenvalue weighted by molar-refractivity contribution is -0.137. The van der Waals surface area contributed by atoms with Gasteiger partial charge in [-0.15, -0.1) is 0 Å². The molecule has 0 bridgehead atoms. The number of methoxy groups -OCH3 is 1. The molecule has 0 aliphatic heterocycles. The van der Waals surface area contributed by atoms with Crippen LogP contribution in [0.5, 0.6) is 0 Å². The molecule has 0 atom stereocenters. The van der Waals surface area contributed by atoms with Crippen LogP contribution in [0.4, 0.5) is 32.0 Å². The molecular weight excluding hydrogens is 314 g/mol. The zero-order valence-corrected chi connectivity index (χ0v) is 11.4. The molecule has 0 aromatic heterocycles. The van der Waals surface area contributed by atoms with Gasteiger partial charge in [0.1, 0.15) is 6.54 Å². The van der Waals surface area contributed by atoms with E-state index in [2.05, 4.69) is 4.74 Å². The summed E-state index contributed by atoms with van der Waals surface area (Å²) < 4.78 is 80.8. The largest absolute Gasteiger partial charge is 0.417 e. The van der Waals surface area contributed by atoms with Crippen molar-refractivity contribution in [2.24, 2.45) is 0 Å². The Hall–Kier alpha value is -1.95. The molecule has 0 saturated heterocycles. The molecule has 0 unspecified atom stereocenters. The van der Waals surface area contributed by atoms with Gasteiger partial charge in [-0.1, -0.05) is 0 Å². The Morgan fingerprint density at radius 3 is 2.27 bits per heavy atom. The van der Waals surface area contributed by atoms with Gasteiger partial charge in [0.2, 0.25) is 0 Å². The number of anilines is 1. The van der Waals surface area contributed by atoms with Crippen molar-refractivity contribution < 1.29 is 31.1 Å². The molecule has 22 heavy (non-hydrogen) atoms. The molecule has 3 nitrogen and oxygen atoms in total. The highest BCUT2D eigenvalue weighted by molar-refractivity contribution is 5.55. The minimum atomic E-state index is -4.83. The standard InChI is InChI=1S/C13H12F6N2O/c1-22-5-4-21(8-12(14,15)16)10-3-2-9(7-20)11(6-10)13(17,18)19/h2-3,6H,4-5,8H2,1H3. The van der Waals surface area contributed by atoms with Gasteiger partial charge in [0.15, 0.2) is 0 Å². The van der Waals surface area contributed by atoms with Crippen molar-refractivity contribution >= 4 is 5.69 Å². The van der Waals surface area contributed by atoms with Crippen LogP contribution >= 0.6 is 0 Å². The zero-order chi connectivity index (χ0) is 17.0. The smallest absolute Gasteiger partial charge is 0.383 e. The van der Waals surface area contributed by atoms with Crippen LogP contribution in [0, 0.1) is 11.3 Å². The molecular formula is C13H12F6N2O. The van der Waals surface area contributed by atoms with E-state index in [-0.39, 0.29) is 18.8 Å². The lowest BCUT2D eigenvalue weighted by atomic mass is 10.1. The third-order valence-electron chi connectivity index (χ3n) is 2.73. The molecule has 0 N–H and O–H groups in total. The first-order valence-corrected chi connectivity index (χ1v) is 6.00. The van der Waals surface area contributed by atoms with Crippen LogP contribution in [-0.2, 0) is 10.9 Å².